The lowest BCUT2D eigenvalue weighted by atomic mass is 10.0. The van der Waals surface area contributed by atoms with Crippen LogP contribution in [0.25, 0.3) is 0 Å². The van der Waals surface area contributed by atoms with Crippen LogP contribution < -0.4 is 0 Å². The Morgan fingerprint density at radius 3 is 2.72 bits per heavy atom. The van der Waals surface area contributed by atoms with Crippen molar-refractivity contribution in [1.29, 1.82) is 0 Å². The smallest absolute Gasteiger partial charge is 0.328 e. The van der Waals surface area contributed by atoms with Gasteiger partial charge in [-0.15, -0.1) is 0 Å². The minimum Gasteiger partial charge on any atom is -0.467 e. The molecule has 1 aliphatic rings. The predicted molar refractivity (Wildman–Crippen MR) is 70.0 cm³/mol. The summed E-state index contributed by atoms with van der Waals surface area (Å²) in [5, 5.41) is 0. The monoisotopic (exact) mass is 253 g/mol. The first-order chi connectivity index (χ1) is 8.60. The van der Waals surface area contributed by atoms with Gasteiger partial charge in [-0.2, -0.15) is 0 Å². The van der Waals surface area contributed by atoms with Gasteiger partial charge in [0.25, 0.3) is 0 Å². The molecule has 1 unspecified atom stereocenters. The van der Waals surface area contributed by atoms with Crippen molar-refractivity contribution in [3.8, 4) is 0 Å². The Morgan fingerprint density at radius 1 is 1.39 bits per heavy atom. The van der Waals surface area contributed by atoms with Gasteiger partial charge >= 0.3 is 5.97 Å². The van der Waals surface area contributed by atoms with E-state index < -0.39 is 6.04 Å². The minimum atomic E-state index is -0.401. The Kier molecular flexibility index (Phi) is 5.89. The molecule has 0 aromatic heterocycles. The first-order valence-corrected chi connectivity index (χ1v) is 6.65. The zero-order valence-corrected chi connectivity index (χ0v) is 11.6. The zero-order chi connectivity index (χ0) is 13.5. The van der Waals surface area contributed by atoms with Gasteiger partial charge < -0.3 is 9.64 Å². The molecule has 0 radical (unpaired) electrons. The largest absolute Gasteiger partial charge is 0.467 e. The lowest BCUT2D eigenvalue weighted by molar-refractivity contribution is -0.153. The second kappa shape index (κ2) is 7.19. The van der Waals surface area contributed by atoms with Gasteiger partial charge in [0.2, 0.25) is 5.91 Å². The number of hydrogen-bond acceptors (Lipinski definition) is 3. The SMILES string of the molecule is CCC/C(C)=C/C(=O)N1CCCCC1C(=O)OC. The number of amides is 1. The molecule has 4 heteroatoms. The van der Waals surface area contributed by atoms with Gasteiger partial charge in [0.15, 0.2) is 0 Å². The van der Waals surface area contributed by atoms with Crippen LogP contribution in [0.2, 0.25) is 0 Å². The van der Waals surface area contributed by atoms with E-state index in [1.165, 1.54) is 7.11 Å². The molecular formula is C14H23NO3. The van der Waals surface area contributed by atoms with E-state index in [2.05, 4.69) is 6.92 Å². The number of hydrogen-bond donors (Lipinski definition) is 0. The van der Waals surface area contributed by atoms with Crippen molar-refractivity contribution in [1.82, 2.24) is 4.90 Å². The number of piperidine rings is 1. The summed E-state index contributed by atoms with van der Waals surface area (Å²) in [6, 6.07) is -0.401. The van der Waals surface area contributed by atoms with Gasteiger partial charge in [0, 0.05) is 12.6 Å². The van der Waals surface area contributed by atoms with Crippen LogP contribution in [0.5, 0.6) is 0 Å². The van der Waals surface area contributed by atoms with Gasteiger partial charge in [0.05, 0.1) is 7.11 Å². The molecular weight excluding hydrogens is 230 g/mol. The lowest BCUT2D eigenvalue weighted by Crippen LogP contribution is -2.47. The number of nitrogens with zero attached hydrogens (tertiary/aromatic N) is 1. The normalized spacial score (nSPS) is 20.7. The molecule has 1 fully saturated rings. The van der Waals surface area contributed by atoms with Gasteiger partial charge in [-0.1, -0.05) is 18.9 Å². The quantitative estimate of drug-likeness (QED) is 0.570. The second-order valence-corrected chi connectivity index (χ2v) is 4.81. The van der Waals surface area contributed by atoms with E-state index in [4.69, 9.17) is 4.74 Å². The number of ether oxygens (including phenoxy) is 1. The van der Waals surface area contributed by atoms with E-state index in [0.717, 1.165) is 31.3 Å². The van der Waals surface area contributed by atoms with Gasteiger partial charge in [-0.25, -0.2) is 4.79 Å². The summed E-state index contributed by atoms with van der Waals surface area (Å²) in [5.41, 5.74) is 1.07. The van der Waals surface area contributed by atoms with Gasteiger partial charge in [-0.3, -0.25) is 4.79 Å². The lowest BCUT2D eigenvalue weighted by Gasteiger charge is -2.33. The van der Waals surface area contributed by atoms with Crippen molar-refractivity contribution in [3.63, 3.8) is 0 Å². The summed E-state index contributed by atoms with van der Waals surface area (Å²) < 4.78 is 4.77. The standard InChI is InChI=1S/C14H23NO3/c1-4-7-11(2)10-13(16)15-9-6-5-8-12(15)14(17)18-3/h10,12H,4-9H2,1-3H3/b11-10+. The summed E-state index contributed by atoms with van der Waals surface area (Å²) in [5.74, 6) is -0.361. The summed E-state index contributed by atoms with van der Waals surface area (Å²) in [7, 11) is 1.37. The minimum absolute atomic E-state index is 0.0592. The van der Waals surface area contributed by atoms with Gasteiger partial charge in [0.1, 0.15) is 6.04 Å². The van der Waals surface area contributed by atoms with E-state index in [-0.39, 0.29) is 11.9 Å². The number of methoxy groups -OCH3 is 1. The predicted octanol–water partition coefficient (Wildman–Crippen LogP) is 2.29. The van der Waals surface area contributed by atoms with Gasteiger partial charge in [-0.05, 0) is 32.6 Å². The van der Waals surface area contributed by atoms with Crippen LogP contribution in [0.3, 0.4) is 0 Å². The third-order valence-corrected chi connectivity index (χ3v) is 3.27. The van der Waals surface area contributed by atoms with E-state index in [1.807, 2.05) is 6.92 Å². The average Bonchev–Trinajstić information content (AvgIpc) is 2.38. The molecule has 1 rings (SSSR count). The van der Waals surface area contributed by atoms with Crippen LogP contribution in [0.4, 0.5) is 0 Å². The van der Waals surface area contributed by atoms with Crippen molar-refractivity contribution >= 4 is 11.9 Å². The molecule has 0 aliphatic carbocycles. The van der Waals surface area contributed by atoms with Crippen LogP contribution in [-0.2, 0) is 14.3 Å². The van der Waals surface area contributed by atoms with E-state index in [9.17, 15) is 9.59 Å². The number of rotatable bonds is 4. The van der Waals surface area contributed by atoms with Crippen LogP contribution in [-0.4, -0.2) is 36.5 Å². The Bertz CT molecular complexity index is 336. The molecule has 0 aromatic carbocycles. The number of esters is 1. The van der Waals surface area contributed by atoms with Crippen molar-refractivity contribution in [3.05, 3.63) is 11.6 Å². The van der Waals surface area contributed by atoms with E-state index in [0.29, 0.717) is 13.0 Å². The fourth-order valence-corrected chi connectivity index (χ4v) is 2.34. The third-order valence-electron chi connectivity index (χ3n) is 3.27. The fourth-order valence-electron chi connectivity index (χ4n) is 2.34. The summed E-state index contributed by atoms with van der Waals surface area (Å²) in [6.07, 6.45) is 6.24. The molecule has 0 spiro atoms. The van der Waals surface area contributed by atoms with Crippen molar-refractivity contribution in [2.45, 2.75) is 52.0 Å². The van der Waals surface area contributed by atoms with Crippen molar-refractivity contribution in [2.24, 2.45) is 0 Å². The molecule has 0 aromatic rings. The van der Waals surface area contributed by atoms with Crippen LogP contribution in [0.15, 0.2) is 11.6 Å². The highest BCUT2D eigenvalue weighted by Gasteiger charge is 2.31. The van der Waals surface area contributed by atoms with E-state index in [1.54, 1.807) is 11.0 Å². The first kappa shape index (κ1) is 14.7. The fraction of sp³-hybridized carbons (Fsp3) is 0.714. The van der Waals surface area contributed by atoms with Crippen molar-refractivity contribution < 1.29 is 14.3 Å². The summed E-state index contributed by atoms with van der Waals surface area (Å²) >= 11 is 0. The Balaban J connectivity index is 2.74. The molecule has 1 saturated heterocycles. The Morgan fingerprint density at radius 2 is 2.11 bits per heavy atom. The highest BCUT2D eigenvalue weighted by molar-refractivity contribution is 5.92. The maximum absolute atomic E-state index is 12.2. The Hall–Kier alpha value is -1.32. The van der Waals surface area contributed by atoms with Crippen LogP contribution in [0, 0.1) is 0 Å². The molecule has 1 heterocycles. The molecule has 0 N–H and O–H groups in total. The summed E-state index contributed by atoms with van der Waals surface area (Å²) in [6.45, 7) is 4.69. The number of allylic oxidation sites excluding steroid dienone is 1. The van der Waals surface area contributed by atoms with E-state index >= 15 is 0 Å². The molecule has 1 aliphatic heterocycles. The van der Waals surface area contributed by atoms with Crippen molar-refractivity contribution in [2.75, 3.05) is 13.7 Å². The molecule has 4 nitrogen and oxygen atoms in total. The number of carbonyl (C=O) groups is 2. The Labute approximate surface area is 109 Å². The highest BCUT2D eigenvalue weighted by Crippen LogP contribution is 2.19. The molecule has 1 atom stereocenters. The average molecular weight is 253 g/mol. The maximum Gasteiger partial charge on any atom is 0.328 e. The number of carbonyl (C=O) groups excluding carboxylic acids is 2. The molecule has 102 valence electrons. The third kappa shape index (κ3) is 3.86. The summed E-state index contributed by atoms with van der Waals surface area (Å²) in [4.78, 5) is 25.5. The van der Waals surface area contributed by atoms with Crippen LogP contribution >= 0.6 is 0 Å². The highest BCUT2D eigenvalue weighted by atomic mass is 16.5. The maximum atomic E-state index is 12.2. The molecule has 1 amide bonds. The molecule has 18 heavy (non-hydrogen) atoms. The zero-order valence-electron chi connectivity index (χ0n) is 11.6. The van der Waals surface area contributed by atoms with Crippen LogP contribution in [0.1, 0.15) is 46.0 Å². The topological polar surface area (TPSA) is 46.6 Å². The molecule has 0 bridgehead atoms. The first-order valence-electron chi connectivity index (χ1n) is 6.65. The molecule has 0 saturated carbocycles. The number of likely N-dealkylation sites (tertiary alicyclic amines) is 1. The second-order valence-electron chi connectivity index (χ2n) is 4.81.